The van der Waals surface area contributed by atoms with Crippen molar-refractivity contribution in [3.8, 4) is 22.6 Å². The van der Waals surface area contributed by atoms with Gasteiger partial charge in [-0.15, -0.1) is 0 Å². The molecule has 2 atom stereocenters. The third-order valence-corrected chi connectivity index (χ3v) is 9.74. The first-order valence-electron chi connectivity index (χ1n) is 16.5. The number of imide groups is 1. The Balaban J connectivity index is 1.08. The van der Waals surface area contributed by atoms with E-state index in [9.17, 15) is 19.2 Å². The molecule has 2 aromatic carbocycles. The van der Waals surface area contributed by atoms with Crippen molar-refractivity contribution in [2.45, 2.75) is 44.1 Å². The number of methoxy groups -OCH3 is 2. The summed E-state index contributed by atoms with van der Waals surface area (Å²) in [7, 11) is 6.42. The minimum absolute atomic E-state index is 0.101. The molecule has 264 valence electrons. The highest BCUT2D eigenvalue weighted by molar-refractivity contribution is 5.98. The van der Waals surface area contributed by atoms with Crippen LogP contribution in [-0.4, -0.2) is 76.7 Å². The Morgan fingerprint density at radius 3 is 2.40 bits per heavy atom. The lowest BCUT2D eigenvalue weighted by molar-refractivity contribution is -0.143. The standard InChI is InChI=1S/C36H40F2N6O6/c1-42-19-27(25-17-40-43(2)33(25)35(42)48)24-14-29(49-3)26(30(15-24)50-4)16-39-18-32(46)44-12-11-28(36(37,38)20-44)22-7-5-21(6-8-22)13-23-9-10-31(45)41-34(23)47/h5-8,14-15,17,19,23,28,39H,9-13,16,18,20H2,1-4H3,(H,41,45,47). The molecule has 0 aliphatic carbocycles. The molecule has 2 N–H and O–H groups in total. The molecule has 50 heavy (non-hydrogen) atoms. The summed E-state index contributed by atoms with van der Waals surface area (Å²) in [5.74, 6) is -4.55. The van der Waals surface area contributed by atoms with Crippen LogP contribution in [0.3, 0.4) is 0 Å². The molecule has 2 aliphatic heterocycles. The second-order valence-electron chi connectivity index (χ2n) is 13.0. The lowest BCUT2D eigenvalue weighted by Crippen LogP contribution is -2.51. The quantitative estimate of drug-likeness (QED) is 0.242. The number of rotatable bonds is 10. The summed E-state index contributed by atoms with van der Waals surface area (Å²) in [5.41, 5.74) is 3.75. The number of hydrogen-bond acceptors (Lipinski definition) is 8. The summed E-state index contributed by atoms with van der Waals surface area (Å²) in [5, 5.41) is 10.4. The Morgan fingerprint density at radius 2 is 1.76 bits per heavy atom. The number of aryl methyl sites for hydroxylation is 2. The number of fused-ring (bicyclic) bond motifs is 1. The highest BCUT2D eigenvalue weighted by Crippen LogP contribution is 2.41. The normalized spacial score (nSPS) is 19.0. The number of carbonyl (C=O) groups is 3. The lowest BCUT2D eigenvalue weighted by atomic mass is 9.84. The molecule has 0 spiro atoms. The number of hydrogen-bond donors (Lipinski definition) is 2. The maximum Gasteiger partial charge on any atom is 0.276 e. The largest absolute Gasteiger partial charge is 0.496 e. The summed E-state index contributed by atoms with van der Waals surface area (Å²) < 4.78 is 45.4. The van der Waals surface area contributed by atoms with Crippen LogP contribution in [-0.2, 0) is 41.4 Å². The number of nitrogens with one attached hydrogen (secondary N) is 2. The zero-order chi connectivity index (χ0) is 35.7. The first kappa shape index (κ1) is 34.7. The Bertz CT molecular complexity index is 1980. The fourth-order valence-electron chi connectivity index (χ4n) is 6.99. The van der Waals surface area contributed by atoms with Crippen LogP contribution < -0.4 is 25.7 Å². The fraction of sp³-hybridized carbons (Fsp3) is 0.417. The van der Waals surface area contributed by atoms with Gasteiger partial charge < -0.3 is 24.3 Å². The second-order valence-corrected chi connectivity index (χ2v) is 13.0. The van der Waals surface area contributed by atoms with Crippen molar-refractivity contribution in [2.24, 2.45) is 20.0 Å². The van der Waals surface area contributed by atoms with Crippen molar-refractivity contribution in [3.63, 3.8) is 0 Å². The van der Waals surface area contributed by atoms with Gasteiger partial charge in [0.1, 0.15) is 17.0 Å². The van der Waals surface area contributed by atoms with E-state index in [1.165, 1.54) is 28.4 Å². The SMILES string of the molecule is COc1cc(-c2cn(C)c(=O)c3c2cnn3C)cc(OC)c1CNCC(=O)N1CCC(c2ccc(CC3CCC(=O)NC3=O)cc2)C(F)(F)C1. The van der Waals surface area contributed by atoms with Crippen molar-refractivity contribution in [2.75, 3.05) is 33.9 Å². The van der Waals surface area contributed by atoms with Gasteiger partial charge in [0.25, 0.3) is 11.5 Å². The Labute approximate surface area is 287 Å². The number of piperidine rings is 2. The van der Waals surface area contributed by atoms with Crippen LogP contribution in [0.5, 0.6) is 11.5 Å². The van der Waals surface area contributed by atoms with Gasteiger partial charge >= 0.3 is 0 Å². The van der Waals surface area contributed by atoms with E-state index in [1.54, 1.807) is 50.8 Å². The van der Waals surface area contributed by atoms with Gasteiger partial charge in [-0.05, 0) is 48.1 Å². The van der Waals surface area contributed by atoms with Gasteiger partial charge in [0, 0.05) is 62.2 Å². The minimum Gasteiger partial charge on any atom is -0.496 e. The molecular formula is C36H40F2N6O6. The van der Waals surface area contributed by atoms with Crippen LogP contribution >= 0.6 is 0 Å². The number of amides is 3. The first-order chi connectivity index (χ1) is 23.9. The topological polar surface area (TPSA) is 137 Å². The molecule has 4 aromatic rings. The van der Waals surface area contributed by atoms with Crippen LogP contribution in [0.2, 0.25) is 0 Å². The van der Waals surface area contributed by atoms with E-state index in [1.807, 2.05) is 12.1 Å². The highest BCUT2D eigenvalue weighted by atomic mass is 19.3. The van der Waals surface area contributed by atoms with E-state index in [4.69, 9.17) is 9.47 Å². The zero-order valence-corrected chi connectivity index (χ0v) is 28.4. The number of alkyl halides is 2. The van der Waals surface area contributed by atoms with Gasteiger partial charge in [-0.25, -0.2) is 8.78 Å². The molecule has 2 aliphatic rings. The Hall–Kier alpha value is -5.11. The van der Waals surface area contributed by atoms with Gasteiger partial charge in [-0.3, -0.25) is 29.2 Å². The highest BCUT2D eigenvalue weighted by Gasteiger charge is 2.46. The Morgan fingerprint density at radius 1 is 1.06 bits per heavy atom. The molecule has 0 bridgehead atoms. The smallest absolute Gasteiger partial charge is 0.276 e. The van der Waals surface area contributed by atoms with Crippen LogP contribution in [0, 0.1) is 5.92 Å². The lowest BCUT2D eigenvalue weighted by Gasteiger charge is -2.38. The molecule has 2 aromatic heterocycles. The number of carbonyl (C=O) groups excluding carboxylic acids is 3. The van der Waals surface area contributed by atoms with Gasteiger partial charge in [0.05, 0.1) is 39.4 Å². The van der Waals surface area contributed by atoms with Crippen molar-refractivity contribution in [1.82, 2.24) is 29.9 Å². The van der Waals surface area contributed by atoms with E-state index in [2.05, 4.69) is 15.7 Å². The average Bonchev–Trinajstić information content (AvgIpc) is 3.48. The summed E-state index contributed by atoms with van der Waals surface area (Å²) in [6.07, 6.45) is 4.66. The fourth-order valence-corrected chi connectivity index (χ4v) is 6.99. The van der Waals surface area contributed by atoms with Gasteiger partial charge in [0.2, 0.25) is 17.7 Å². The molecule has 12 nitrogen and oxygen atoms in total. The first-order valence-corrected chi connectivity index (χ1v) is 16.5. The predicted octanol–water partition coefficient (Wildman–Crippen LogP) is 3.29. The number of likely N-dealkylation sites (tertiary alicyclic amines) is 1. The monoisotopic (exact) mass is 690 g/mol. The summed E-state index contributed by atoms with van der Waals surface area (Å²) in [6, 6.07) is 10.5. The van der Waals surface area contributed by atoms with Crippen molar-refractivity contribution in [3.05, 3.63) is 75.8 Å². The number of nitrogens with zero attached hydrogens (tertiary/aromatic N) is 4. The maximum atomic E-state index is 15.5. The molecule has 14 heteroatoms. The van der Waals surface area contributed by atoms with Crippen molar-refractivity contribution < 1.29 is 32.6 Å². The van der Waals surface area contributed by atoms with E-state index in [0.717, 1.165) is 16.7 Å². The Kier molecular flexibility index (Phi) is 9.74. The van der Waals surface area contributed by atoms with Gasteiger partial charge in [0.15, 0.2) is 0 Å². The molecule has 2 saturated heterocycles. The predicted molar refractivity (Wildman–Crippen MR) is 181 cm³/mol. The van der Waals surface area contributed by atoms with Crippen LogP contribution in [0.25, 0.3) is 22.0 Å². The van der Waals surface area contributed by atoms with Gasteiger partial charge in [-0.2, -0.15) is 5.10 Å². The summed E-state index contributed by atoms with van der Waals surface area (Å²) in [6.45, 7) is -0.505. The molecule has 6 rings (SSSR count). The maximum absolute atomic E-state index is 15.5. The van der Waals surface area contributed by atoms with Crippen molar-refractivity contribution in [1.29, 1.82) is 0 Å². The second kappa shape index (κ2) is 14.0. The number of ether oxygens (including phenoxy) is 2. The minimum atomic E-state index is -3.14. The molecule has 0 saturated carbocycles. The summed E-state index contributed by atoms with van der Waals surface area (Å²) in [4.78, 5) is 50.6. The average molecular weight is 691 g/mol. The molecule has 2 unspecified atom stereocenters. The molecule has 3 amide bonds. The van der Waals surface area contributed by atoms with Crippen LogP contribution in [0.4, 0.5) is 8.78 Å². The molecule has 4 heterocycles. The van der Waals surface area contributed by atoms with Crippen LogP contribution in [0.15, 0.2) is 53.6 Å². The molecule has 2 fully saturated rings. The molecule has 0 radical (unpaired) electrons. The van der Waals surface area contributed by atoms with E-state index in [-0.39, 0.29) is 49.3 Å². The third-order valence-electron chi connectivity index (χ3n) is 9.74. The number of halogens is 2. The van der Waals surface area contributed by atoms with E-state index in [0.29, 0.717) is 52.8 Å². The third kappa shape index (κ3) is 6.84. The van der Waals surface area contributed by atoms with Gasteiger partial charge in [-0.1, -0.05) is 24.3 Å². The summed E-state index contributed by atoms with van der Waals surface area (Å²) >= 11 is 0. The number of benzene rings is 2. The zero-order valence-electron chi connectivity index (χ0n) is 28.4. The van der Waals surface area contributed by atoms with Crippen LogP contribution in [0.1, 0.15) is 41.9 Å². The number of pyridine rings is 1. The number of aromatic nitrogens is 3. The molecular weight excluding hydrogens is 650 g/mol. The van der Waals surface area contributed by atoms with E-state index >= 15 is 8.78 Å². The van der Waals surface area contributed by atoms with E-state index < -0.39 is 24.3 Å². The van der Waals surface area contributed by atoms with Crippen molar-refractivity contribution >= 4 is 28.6 Å².